The third-order valence-electron chi connectivity index (χ3n) is 5.89. The number of benzene rings is 2. The molecular formula is C22H26BrN. The van der Waals surface area contributed by atoms with Gasteiger partial charge in [0, 0.05) is 16.1 Å². The lowest BCUT2D eigenvalue weighted by molar-refractivity contribution is 0.103. The second-order valence-corrected chi connectivity index (χ2v) is 8.74. The van der Waals surface area contributed by atoms with E-state index in [4.69, 9.17) is 0 Å². The zero-order chi connectivity index (χ0) is 16.7. The van der Waals surface area contributed by atoms with Gasteiger partial charge in [-0.25, -0.2) is 0 Å². The first kappa shape index (κ1) is 16.4. The van der Waals surface area contributed by atoms with Crippen LogP contribution in [0.4, 0.5) is 0 Å². The van der Waals surface area contributed by atoms with Crippen LogP contribution in [0.15, 0.2) is 53.0 Å². The van der Waals surface area contributed by atoms with Gasteiger partial charge in [-0.1, -0.05) is 52.3 Å². The van der Waals surface area contributed by atoms with Crippen molar-refractivity contribution in [3.8, 4) is 0 Å². The van der Waals surface area contributed by atoms with Crippen molar-refractivity contribution in [1.29, 1.82) is 0 Å². The smallest absolute Gasteiger partial charge is 0.0410 e. The fourth-order valence-electron chi connectivity index (χ4n) is 4.36. The summed E-state index contributed by atoms with van der Waals surface area (Å²) in [4.78, 5) is 2.73. The number of nitrogens with zero attached hydrogens (tertiary/aromatic N) is 1. The number of halogens is 1. The fourth-order valence-corrected chi connectivity index (χ4v) is 4.63. The minimum absolute atomic E-state index is 0.0541. The summed E-state index contributed by atoms with van der Waals surface area (Å²) in [5.41, 5.74) is 4.66. The lowest BCUT2D eigenvalue weighted by Gasteiger charge is -2.41. The Morgan fingerprint density at radius 1 is 0.917 bits per heavy atom. The van der Waals surface area contributed by atoms with Crippen LogP contribution in [0.3, 0.4) is 0 Å². The van der Waals surface area contributed by atoms with Gasteiger partial charge in [0.1, 0.15) is 0 Å². The molecule has 1 aliphatic heterocycles. The number of hydrogen-bond donors (Lipinski definition) is 0. The van der Waals surface area contributed by atoms with Crippen LogP contribution >= 0.6 is 15.9 Å². The van der Waals surface area contributed by atoms with Gasteiger partial charge in [0.2, 0.25) is 0 Å². The summed E-state index contributed by atoms with van der Waals surface area (Å²) in [5.74, 6) is 0.819. The van der Waals surface area contributed by atoms with Gasteiger partial charge in [-0.3, -0.25) is 4.90 Å². The SMILES string of the molecule is CC(C)(c1ccc(Br)cc1)N1CCCC1c1ccccc1C1CC1. The Bertz CT molecular complexity index is 715. The molecule has 0 N–H and O–H groups in total. The molecule has 4 rings (SSSR count). The van der Waals surface area contributed by atoms with Crippen LogP contribution < -0.4 is 0 Å². The monoisotopic (exact) mass is 383 g/mol. The first-order valence-electron chi connectivity index (χ1n) is 9.19. The Morgan fingerprint density at radius 3 is 2.25 bits per heavy atom. The van der Waals surface area contributed by atoms with Gasteiger partial charge in [-0.15, -0.1) is 0 Å². The molecule has 2 aromatic rings. The predicted molar refractivity (Wildman–Crippen MR) is 104 cm³/mol. The van der Waals surface area contributed by atoms with Gasteiger partial charge in [0.25, 0.3) is 0 Å². The van der Waals surface area contributed by atoms with Crippen molar-refractivity contribution in [2.45, 2.75) is 57.0 Å². The molecule has 24 heavy (non-hydrogen) atoms. The molecule has 2 heteroatoms. The molecule has 0 radical (unpaired) electrons. The number of rotatable bonds is 4. The highest BCUT2D eigenvalue weighted by molar-refractivity contribution is 9.10. The molecule has 0 spiro atoms. The maximum atomic E-state index is 3.56. The third-order valence-corrected chi connectivity index (χ3v) is 6.42. The highest BCUT2D eigenvalue weighted by atomic mass is 79.9. The standard InChI is InChI=1S/C22H26BrN/c1-22(2,17-11-13-18(23)14-12-17)24-15-5-8-21(24)20-7-4-3-6-19(20)16-9-10-16/h3-4,6-7,11-14,16,21H,5,8-10,15H2,1-2H3. The van der Waals surface area contributed by atoms with E-state index in [1.807, 2.05) is 0 Å². The second-order valence-electron chi connectivity index (χ2n) is 7.82. The van der Waals surface area contributed by atoms with Crippen LogP contribution in [-0.4, -0.2) is 11.4 Å². The molecule has 126 valence electrons. The first-order chi connectivity index (χ1) is 11.6. The summed E-state index contributed by atoms with van der Waals surface area (Å²) in [5, 5.41) is 0. The molecular weight excluding hydrogens is 358 g/mol. The minimum Gasteiger partial charge on any atom is -0.287 e. The summed E-state index contributed by atoms with van der Waals surface area (Å²) >= 11 is 3.56. The summed E-state index contributed by atoms with van der Waals surface area (Å²) < 4.78 is 1.15. The van der Waals surface area contributed by atoms with E-state index in [9.17, 15) is 0 Å². The van der Waals surface area contributed by atoms with E-state index < -0.39 is 0 Å². The fraction of sp³-hybridized carbons (Fsp3) is 0.455. The maximum Gasteiger partial charge on any atom is 0.0410 e. The minimum atomic E-state index is 0.0541. The van der Waals surface area contributed by atoms with Gasteiger partial charge in [-0.05, 0) is 80.8 Å². The zero-order valence-corrected chi connectivity index (χ0v) is 16.2. The summed E-state index contributed by atoms with van der Waals surface area (Å²) in [6, 6.07) is 18.6. The van der Waals surface area contributed by atoms with Crippen LogP contribution in [0, 0.1) is 0 Å². The molecule has 1 nitrogen and oxygen atoms in total. The number of hydrogen-bond acceptors (Lipinski definition) is 1. The van der Waals surface area contributed by atoms with Crippen molar-refractivity contribution >= 4 is 15.9 Å². The Hall–Kier alpha value is -1.12. The molecule has 1 aliphatic carbocycles. The lowest BCUT2D eigenvalue weighted by atomic mass is 9.88. The third kappa shape index (κ3) is 2.95. The molecule has 2 aromatic carbocycles. The van der Waals surface area contributed by atoms with Gasteiger partial charge in [0.05, 0.1) is 0 Å². The van der Waals surface area contributed by atoms with E-state index in [0.717, 1.165) is 10.4 Å². The largest absolute Gasteiger partial charge is 0.287 e. The topological polar surface area (TPSA) is 3.24 Å². The van der Waals surface area contributed by atoms with E-state index in [1.165, 1.54) is 37.8 Å². The maximum absolute atomic E-state index is 3.56. The van der Waals surface area contributed by atoms with Crippen molar-refractivity contribution in [1.82, 2.24) is 4.90 Å². The molecule has 1 atom stereocenters. The molecule has 1 heterocycles. The van der Waals surface area contributed by atoms with Crippen LogP contribution in [0.1, 0.15) is 68.2 Å². The van der Waals surface area contributed by atoms with Crippen LogP contribution in [0.2, 0.25) is 0 Å². The Balaban J connectivity index is 1.69. The van der Waals surface area contributed by atoms with E-state index >= 15 is 0 Å². The van der Waals surface area contributed by atoms with Crippen LogP contribution in [-0.2, 0) is 5.54 Å². The summed E-state index contributed by atoms with van der Waals surface area (Å²) in [6.45, 7) is 5.95. The average Bonchev–Trinajstić information content (AvgIpc) is 3.31. The summed E-state index contributed by atoms with van der Waals surface area (Å²) in [6.07, 6.45) is 5.33. The van der Waals surface area contributed by atoms with Crippen molar-refractivity contribution in [2.75, 3.05) is 6.54 Å². The quantitative estimate of drug-likeness (QED) is 0.590. The molecule has 0 aromatic heterocycles. The van der Waals surface area contributed by atoms with Crippen LogP contribution in [0.5, 0.6) is 0 Å². The summed E-state index contributed by atoms with van der Waals surface area (Å²) in [7, 11) is 0. The normalized spacial score (nSPS) is 22.0. The first-order valence-corrected chi connectivity index (χ1v) is 9.98. The van der Waals surface area contributed by atoms with Crippen molar-refractivity contribution < 1.29 is 0 Å². The predicted octanol–water partition coefficient (Wildman–Crippen LogP) is 6.40. The molecule has 1 saturated carbocycles. The van der Waals surface area contributed by atoms with Crippen molar-refractivity contribution in [3.63, 3.8) is 0 Å². The van der Waals surface area contributed by atoms with Crippen LogP contribution in [0.25, 0.3) is 0 Å². The van der Waals surface area contributed by atoms with Gasteiger partial charge in [0.15, 0.2) is 0 Å². The average molecular weight is 384 g/mol. The molecule has 1 saturated heterocycles. The van der Waals surface area contributed by atoms with Gasteiger partial charge < -0.3 is 0 Å². The molecule has 0 bridgehead atoms. The molecule has 2 fully saturated rings. The highest BCUT2D eigenvalue weighted by Crippen LogP contribution is 2.48. The van der Waals surface area contributed by atoms with E-state index in [2.05, 4.69) is 83.2 Å². The molecule has 2 aliphatic rings. The Morgan fingerprint density at radius 2 is 1.58 bits per heavy atom. The second kappa shape index (κ2) is 6.31. The Labute approximate surface area is 154 Å². The zero-order valence-electron chi connectivity index (χ0n) is 14.6. The van der Waals surface area contributed by atoms with E-state index in [1.54, 1.807) is 11.1 Å². The van der Waals surface area contributed by atoms with Gasteiger partial charge >= 0.3 is 0 Å². The number of likely N-dealkylation sites (tertiary alicyclic amines) is 1. The Kier molecular flexibility index (Phi) is 4.30. The van der Waals surface area contributed by atoms with Gasteiger partial charge in [-0.2, -0.15) is 0 Å². The highest BCUT2D eigenvalue weighted by Gasteiger charge is 2.39. The molecule has 1 unspecified atom stereocenters. The molecule has 0 amide bonds. The lowest BCUT2D eigenvalue weighted by Crippen LogP contribution is -2.41. The van der Waals surface area contributed by atoms with Crippen molar-refractivity contribution in [2.24, 2.45) is 0 Å². The van der Waals surface area contributed by atoms with E-state index in [-0.39, 0.29) is 5.54 Å². The van der Waals surface area contributed by atoms with Crippen molar-refractivity contribution in [3.05, 3.63) is 69.7 Å². The van der Waals surface area contributed by atoms with E-state index in [0.29, 0.717) is 6.04 Å².